The summed E-state index contributed by atoms with van der Waals surface area (Å²) in [7, 11) is 1.41. The van der Waals surface area contributed by atoms with Crippen LogP contribution in [-0.4, -0.2) is 51.4 Å². The van der Waals surface area contributed by atoms with Crippen LogP contribution < -0.4 is 11.3 Å². The molecule has 2 aromatic rings. The van der Waals surface area contributed by atoms with E-state index in [-0.39, 0.29) is 35.3 Å². The van der Waals surface area contributed by atoms with Crippen molar-refractivity contribution in [2.45, 2.75) is 25.7 Å². The van der Waals surface area contributed by atoms with E-state index in [1.54, 1.807) is 24.3 Å². The molecule has 0 spiro atoms. The minimum atomic E-state index is -0.515. The molecule has 32 heavy (non-hydrogen) atoms. The maximum atomic E-state index is 12.7. The highest BCUT2D eigenvalue weighted by Gasteiger charge is 2.22. The molecule has 0 saturated carbocycles. The summed E-state index contributed by atoms with van der Waals surface area (Å²) < 4.78 is 6.56. The molecule has 0 bridgehead atoms. The number of nitrogens with zero attached hydrogens (tertiary/aromatic N) is 4. The molecule has 0 radical (unpaired) electrons. The van der Waals surface area contributed by atoms with Gasteiger partial charge in [-0.3, -0.25) is 14.4 Å². The van der Waals surface area contributed by atoms with E-state index in [9.17, 15) is 14.4 Å². The van der Waals surface area contributed by atoms with Gasteiger partial charge in [-0.1, -0.05) is 17.4 Å². The van der Waals surface area contributed by atoms with Crippen LogP contribution in [0.3, 0.4) is 0 Å². The fourth-order valence-electron chi connectivity index (χ4n) is 3.73. The lowest BCUT2D eigenvalue weighted by molar-refractivity contribution is -0.129. The normalized spacial score (nSPS) is 17.6. The number of rotatable bonds is 6. The number of allylic oxidation sites excluding steroid dienone is 5. The van der Waals surface area contributed by atoms with E-state index in [1.165, 1.54) is 23.0 Å². The van der Waals surface area contributed by atoms with Crippen molar-refractivity contribution in [3.8, 4) is 0 Å². The lowest BCUT2D eigenvalue weighted by Crippen LogP contribution is -2.29. The molecule has 166 valence electrons. The van der Waals surface area contributed by atoms with E-state index in [4.69, 9.17) is 10.5 Å². The summed E-state index contributed by atoms with van der Waals surface area (Å²) in [6.07, 6.45) is 8.93. The van der Waals surface area contributed by atoms with Crippen molar-refractivity contribution in [3.63, 3.8) is 0 Å². The average molecular weight is 454 g/mol. The number of hydrogen-bond acceptors (Lipinski definition) is 8. The number of likely N-dealkylation sites (tertiary alicyclic amines) is 1. The highest BCUT2D eigenvalue weighted by Crippen LogP contribution is 2.25. The third kappa shape index (κ3) is 4.13. The number of carbonyl (C=O) groups is 2. The largest absolute Gasteiger partial charge is 0.493 e. The van der Waals surface area contributed by atoms with Crippen molar-refractivity contribution >= 4 is 39.9 Å². The number of amides is 1. The monoisotopic (exact) mass is 453 g/mol. The predicted octanol–water partition coefficient (Wildman–Crippen LogP) is 1.90. The summed E-state index contributed by atoms with van der Waals surface area (Å²) in [6, 6.07) is 0. The number of ether oxygens (including phenoxy) is 1. The highest BCUT2D eigenvalue weighted by atomic mass is 32.1. The Morgan fingerprint density at radius 3 is 2.75 bits per heavy atom. The summed E-state index contributed by atoms with van der Waals surface area (Å²) in [4.78, 5) is 43.7. The molecule has 9 nitrogen and oxygen atoms in total. The zero-order chi connectivity index (χ0) is 22.8. The van der Waals surface area contributed by atoms with Gasteiger partial charge >= 0.3 is 0 Å². The minimum absolute atomic E-state index is 0.00871. The molecular weight excluding hydrogens is 430 g/mol. The van der Waals surface area contributed by atoms with Gasteiger partial charge in [-0.15, -0.1) is 6.58 Å². The van der Waals surface area contributed by atoms with E-state index in [0.29, 0.717) is 27.5 Å². The molecule has 1 fully saturated rings. The molecular formula is C22H23N5O4S. The summed E-state index contributed by atoms with van der Waals surface area (Å²) >= 11 is 1.17. The fraction of sp³-hybridized carbons (Fsp3) is 0.318. The molecule has 0 aromatic carbocycles. The van der Waals surface area contributed by atoms with Crippen molar-refractivity contribution in [1.82, 2.24) is 19.5 Å². The van der Waals surface area contributed by atoms with Gasteiger partial charge in [0.25, 0.3) is 5.56 Å². The standard InChI is InChI=1S/C22H23N5O4S/c1-3-6-14-9-13(11-16(31-2)19(14)29)10-15-20(23)27-22(24-21(15)30)32-17(25-27)12-18(28)26-7-4-5-8-26/h3,9-11H,1,4-8,12,23H2,2H3. The second-order valence-corrected chi connectivity index (χ2v) is 8.56. The molecule has 1 aliphatic heterocycles. The smallest absolute Gasteiger partial charge is 0.283 e. The Morgan fingerprint density at radius 2 is 2.06 bits per heavy atom. The van der Waals surface area contributed by atoms with Crippen LogP contribution in [-0.2, 0) is 20.7 Å². The minimum Gasteiger partial charge on any atom is -0.493 e. The molecule has 1 amide bonds. The fourth-order valence-corrected chi connectivity index (χ4v) is 4.61. The summed E-state index contributed by atoms with van der Waals surface area (Å²) in [6.45, 7) is 5.20. The van der Waals surface area contributed by atoms with Crippen LogP contribution in [0.25, 0.3) is 11.0 Å². The first-order valence-electron chi connectivity index (χ1n) is 10.2. The Bertz CT molecular complexity index is 1260. The summed E-state index contributed by atoms with van der Waals surface area (Å²) in [5.41, 5.74) is 6.96. The van der Waals surface area contributed by atoms with E-state index >= 15 is 0 Å². The Labute approximate surface area is 188 Å². The predicted molar refractivity (Wildman–Crippen MR) is 122 cm³/mol. The molecule has 0 atom stereocenters. The van der Waals surface area contributed by atoms with E-state index < -0.39 is 5.56 Å². The van der Waals surface area contributed by atoms with Crippen LogP contribution >= 0.6 is 11.3 Å². The van der Waals surface area contributed by atoms with Crippen molar-refractivity contribution in [2.24, 2.45) is 0 Å². The summed E-state index contributed by atoms with van der Waals surface area (Å²) in [5.74, 6) is 0.0651. The number of anilines is 1. The van der Waals surface area contributed by atoms with Crippen LogP contribution in [0.1, 0.15) is 29.8 Å². The second-order valence-electron chi connectivity index (χ2n) is 7.52. The zero-order valence-electron chi connectivity index (χ0n) is 17.7. The van der Waals surface area contributed by atoms with Gasteiger partial charge in [0.15, 0.2) is 5.76 Å². The molecule has 3 heterocycles. The third-order valence-corrected chi connectivity index (χ3v) is 6.25. The van der Waals surface area contributed by atoms with Crippen LogP contribution in [0.15, 0.2) is 46.5 Å². The molecule has 2 aromatic heterocycles. The van der Waals surface area contributed by atoms with Gasteiger partial charge in [-0.05, 0) is 43.1 Å². The molecule has 2 N–H and O–H groups in total. The van der Waals surface area contributed by atoms with Crippen molar-refractivity contribution < 1.29 is 14.3 Å². The van der Waals surface area contributed by atoms with Gasteiger partial charge in [-0.2, -0.15) is 14.6 Å². The molecule has 2 aliphatic rings. The second kappa shape index (κ2) is 8.91. The summed E-state index contributed by atoms with van der Waals surface area (Å²) in [5, 5.41) is 4.96. The van der Waals surface area contributed by atoms with Crippen molar-refractivity contribution in [3.05, 3.63) is 62.6 Å². The van der Waals surface area contributed by atoms with Gasteiger partial charge in [-0.25, -0.2) is 0 Å². The molecule has 4 rings (SSSR count). The molecule has 10 heteroatoms. The number of Topliss-reactive ketones (excluding diaryl/α,β-unsaturated/α-hetero) is 1. The first kappa shape index (κ1) is 21.7. The van der Waals surface area contributed by atoms with E-state index in [2.05, 4.69) is 16.7 Å². The van der Waals surface area contributed by atoms with E-state index in [1.807, 2.05) is 4.90 Å². The quantitative estimate of drug-likeness (QED) is 0.663. The first-order chi connectivity index (χ1) is 15.4. The van der Waals surface area contributed by atoms with Gasteiger partial charge in [0.1, 0.15) is 10.8 Å². The van der Waals surface area contributed by atoms with Gasteiger partial charge in [0.2, 0.25) is 16.7 Å². The van der Waals surface area contributed by atoms with Gasteiger partial charge < -0.3 is 15.4 Å². The third-order valence-electron chi connectivity index (χ3n) is 5.34. The topological polar surface area (TPSA) is 120 Å². The maximum absolute atomic E-state index is 12.7. The van der Waals surface area contributed by atoms with Crippen LogP contribution in [0, 0.1) is 0 Å². The molecule has 1 saturated heterocycles. The van der Waals surface area contributed by atoms with Gasteiger partial charge in [0, 0.05) is 18.7 Å². The SMILES string of the molecule is C=CCC1=CC(=Cc2c(N)n3nc(CC(=O)N4CCCC4)sc3nc2=O)C=C(OC)C1=O. The highest BCUT2D eigenvalue weighted by molar-refractivity contribution is 7.16. The first-order valence-corrected chi connectivity index (χ1v) is 11.0. The number of aromatic nitrogens is 3. The molecule has 0 unspecified atom stereocenters. The van der Waals surface area contributed by atoms with Crippen molar-refractivity contribution in [1.29, 1.82) is 0 Å². The Morgan fingerprint density at radius 1 is 1.31 bits per heavy atom. The lowest BCUT2D eigenvalue weighted by Gasteiger charge is -2.14. The van der Waals surface area contributed by atoms with Gasteiger partial charge in [0.05, 0.1) is 19.1 Å². The number of nitrogens with two attached hydrogens (primary N) is 1. The lowest BCUT2D eigenvalue weighted by atomic mass is 9.95. The maximum Gasteiger partial charge on any atom is 0.283 e. The zero-order valence-corrected chi connectivity index (χ0v) is 18.5. The Kier molecular flexibility index (Phi) is 6.04. The number of carbonyl (C=O) groups excluding carboxylic acids is 2. The van der Waals surface area contributed by atoms with Crippen LogP contribution in [0.5, 0.6) is 0 Å². The Hall–Kier alpha value is -3.53. The molecule has 1 aliphatic carbocycles. The number of ketones is 1. The van der Waals surface area contributed by atoms with Crippen LogP contribution in [0.2, 0.25) is 0 Å². The number of fused-ring (bicyclic) bond motifs is 1. The number of nitrogen functional groups attached to an aromatic ring is 1. The Balaban J connectivity index is 1.71. The number of methoxy groups -OCH3 is 1. The van der Waals surface area contributed by atoms with E-state index in [0.717, 1.165) is 25.9 Å². The van der Waals surface area contributed by atoms with Crippen molar-refractivity contribution in [2.75, 3.05) is 25.9 Å². The average Bonchev–Trinajstić information content (AvgIpc) is 3.43. The van der Waals surface area contributed by atoms with Crippen LogP contribution in [0.4, 0.5) is 5.82 Å². The number of hydrogen-bond donors (Lipinski definition) is 1.